The van der Waals surface area contributed by atoms with Gasteiger partial charge in [-0.15, -0.1) is 0 Å². The highest BCUT2D eigenvalue weighted by Crippen LogP contribution is 2.17. The summed E-state index contributed by atoms with van der Waals surface area (Å²) in [7, 11) is 0. The van der Waals surface area contributed by atoms with Crippen LogP contribution >= 0.6 is 0 Å². The van der Waals surface area contributed by atoms with Gasteiger partial charge >= 0.3 is 5.97 Å². The number of carbonyl (C=O) groups is 2. The van der Waals surface area contributed by atoms with Crippen molar-refractivity contribution < 1.29 is 24.5 Å². The van der Waals surface area contributed by atoms with Crippen molar-refractivity contribution in [3.8, 4) is 0 Å². The van der Waals surface area contributed by atoms with E-state index < -0.39 is 18.2 Å². The lowest BCUT2D eigenvalue weighted by Gasteiger charge is -2.24. The molecule has 316 valence electrons. The Hall–Kier alpha value is -1.92. The second-order valence-corrected chi connectivity index (χ2v) is 15.8. The maximum Gasteiger partial charge on any atom is 0.306 e. The van der Waals surface area contributed by atoms with Crippen LogP contribution in [0.15, 0.2) is 36.5 Å². The van der Waals surface area contributed by atoms with Gasteiger partial charge in [0.1, 0.15) is 6.10 Å². The van der Waals surface area contributed by atoms with Gasteiger partial charge in [-0.05, 0) is 64.2 Å². The highest BCUT2D eigenvalue weighted by atomic mass is 16.5. The Morgan fingerprint density at radius 3 is 1.44 bits per heavy atom. The van der Waals surface area contributed by atoms with Gasteiger partial charge in [0.25, 0.3) is 0 Å². The predicted octanol–water partition coefficient (Wildman–Crippen LogP) is 13.3. The molecule has 3 N–H and O–H groups in total. The largest absolute Gasteiger partial charge is 0.462 e. The predicted molar refractivity (Wildman–Crippen MR) is 232 cm³/mol. The van der Waals surface area contributed by atoms with Gasteiger partial charge in [0.2, 0.25) is 5.91 Å². The molecule has 6 nitrogen and oxygen atoms in total. The fourth-order valence-electron chi connectivity index (χ4n) is 6.91. The van der Waals surface area contributed by atoms with E-state index in [-0.39, 0.29) is 24.9 Å². The van der Waals surface area contributed by atoms with Gasteiger partial charge in [-0.2, -0.15) is 0 Å². The normalized spacial score (nSPS) is 13.6. The number of rotatable bonds is 41. The number of amides is 1. The molecule has 3 unspecified atom stereocenters. The highest BCUT2D eigenvalue weighted by molar-refractivity contribution is 5.77. The number of unbranched alkanes of at least 4 members (excludes halogenated alkanes) is 23. The minimum Gasteiger partial charge on any atom is -0.462 e. The van der Waals surface area contributed by atoms with Crippen LogP contribution in [-0.2, 0) is 14.3 Å². The maximum absolute atomic E-state index is 13.1. The number of hydrogen-bond acceptors (Lipinski definition) is 5. The Morgan fingerprint density at radius 2 is 0.944 bits per heavy atom. The Bertz CT molecular complexity index is 900. The molecule has 0 heterocycles. The summed E-state index contributed by atoms with van der Waals surface area (Å²) in [6.07, 6.45) is 47.7. The van der Waals surface area contributed by atoms with Crippen LogP contribution in [0, 0.1) is 0 Å². The van der Waals surface area contributed by atoms with Gasteiger partial charge in [-0.3, -0.25) is 9.59 Å². The van der Waals surface area contributed by atoms with E-state index in [0.29, 0.717) is 19.3 Å². The van der Waals surface area contributed by atoms with Crippen molar-refractivity contribution in [1.29, 1.82) is 0 Å². The average molecular weight is 760 g/mol. The van der Waals surface area contributed by atoms with Gasteiger partial charge in [0.05, 0.1) is 25.2 Å². The number of allylic oxidation sites excluding steroid dienone is 6. The molecule has 0 bridgehead atoms. The van der Waals surface area contributed by atoms with Gasteiger partial charge < -0.3 is 20.3 Å². The molecule has 3 atom stereocenters. The van der Waals surface area contributed by atoms with Crippen molar-refractivity contribution >= 4 is 11.9 Å². The molecule has 0 spiro atoms. The summed E-state index contributed by atoms with van der Waals surface area (Å²) >= 11 is 0. The monoisotopic (exact) mass is 760 g/mol. The SMILES string of the molecule is CCCCC/C=C\C/C=C\C/C=C\CCCCC(CC(=O)NC(CO)C(O)CCCCCCCCCCCCC)OC(=O)CCCCCCCCCCC. The second kappa shape index (κ2) is 42.2. The third kappa shape index (κ3) is 37.0. The first kappa shape index (κ1) is 52.1. The molecule has 0 aliphatic heterocycles. The van der Waals surface area contributed by atoms with Crippen molar-refractivity contribution in [3.63, 3.8) is 0 Å². The van der Waals surface area contributed by atoms with Gasteiger partial charge in [0.15, 0.2) is 0 Å². The molecule has 0 saturated heterocycles. The van der Waals surface area contributed by atoms with E-state index in [1.807, 2.05) is 0 Å². The standard InChI is InChI=1S/C48H89NO5/c1-4-7-10-13-16-19-21-22-23-24-26-28-30-33-36-39-44(54-48(53)41-38-35-32-27-18-15-12-9-6-3)42-47(52)49-45(43-50)46(51)40-37-34-31-29-25-20-17-14-11-8-5-2/h16,19,22-23,26,28,44-46,50-51H,4-15,17-18,20-21,24-25,27,29-43H2,1-3H3,(H,49,52)/b19-16-,23-22-,28-26-. The summed E-state index contributed by atoms with van der Waals surface area (Å²) in [5.74, 6) is -0.510. The van der Waals surface area contributed by atoms with Crippen molar-refractivity contribution in [2.75, 3.05) is 6.61 Å². The highest BCUT2D eigenvalue weighted by Gasteiger charge is 2.24. The molecule has 6 heteroatoms. The Morgan fingerprint density at radius 1 is 0.537 bits per heavy atom. The summed E-state index contributed by atoms with van der Waals surface area (Å²) in [5.41, 5.74) is 0. The van der Waals surface area contributed by atoms with E-state index in [2.05, 4.69) is 62.5 Å². The average Bonchev–Trinajstić information content (AvgIpc) is 3.16. The lowest BCUT2D eigenvalue weighted by Crippen LogP contribution is -2.46. The first-order valence-electron chi connectivity index (χ1n) is 23.2. The van der Waals surface area contributed by atoms with E-state index in [9.17, 15) is 19.8 Å². The zero-order valence-corrected chi connectivity index (χ0v) is 35.9. The molecule has 0 fully saturated rings. The quantitative estimate of drug-likeness (QED) is 0.0328. The number of ether oxygens (including phenoxy) is 1. The minimum atomic E-state index is -0.793. The first-order valence-corrected chi connectivity index (χ1v) is 23.2. The Kier molecular flexibility index (Phi) is 40.7. The van der Waals surface area contributed by atoms with Crippen LogP contribution in [0.1, 0.15) is 233 Å². The summed E-state index contributed by atoms with van der Waals surface area (Å²) in [4.78, 5) is 25.9. The molecule has 0 aliphatic rings. The number of esters is 1. The van der Waals surface area contributed by atoms with Gasteiger partial charge in [0, 0.05) is 6.42 Å². The molecule has 0 aromatic carbocycles. The first-order chi connectivity index (χ1) is 26.5. The number of aliphatic hydroxyl groups is 2. The van der Waals surface area contributed by atoms with Crippen LogP contribution in [0.5, 0.6) is 0 Å². The second-order valence-electron chi connectivity index (χ2n) is 15.8. The van der Waals surface area contributed by atoms with Crippen molar-refractivity contribution in [2.45, 2.75) is 251 Å². The van der Waals surface area contributed by atoms with E-state index in [1.165, 1.54) is 116 Å². The Labute approximate surface area is 334 Å². The van der Waals surface area contributed by atoms with Gasteiger partial charge in [-0.1, -0.05) is 192 Å². The number of nitrogens with one attached hydrogen (secondary N) is 1. The molecular weight excluding hydrogens is 671 g/mol. The molecule has 1 amide bonds. The fourth-order valence-corrected chi connectivity index (χ4v) is 6.91. The number of carbonyl (C=O) groups excluding carboxylic acids is 2. The molecule has 0 aromatic rings. The molecule has 54 heavy (non-hydrogen) atoms. The summed E-state index contributed by atoms with van der Waals surface area (Å²) in [6, 6.07) is -0.708. The van der Waals surface area contributed by atoms with Crippen LogP contribution < -0.4 is 5.32 Å². The van der Waals surface area contributed by atoms with Crippen LogP contribution in [0.2, 0.25) is 0 Å². The van der Waals surface area contributed by atoms with Crippen LogP contribution in [0.25, 0.3) is 0 Å². The number of aliphatic hydroxyl groups excluding tert-OH is 2. The van der Waals surface area contributed by atoms with E-state index >= 15 is 0 Å². The molecule has 0 aliphatic carbocycles. The third-order valence-electron chi connectivity index (χ3n) is 10.5. The summed E-state index contributed by atoms with van der Waals surface area (Å²) < 4.78 is 5.87. The van der Waals surface area contributed by atoms with E-state index in [0.717, 1.165) is 70.6 Å². The van der Waals surface area contributed by atoms with Crippen LogP contribution in [0.3, 0.4) is 0 Å². The lowest BCUT2D eigenvalue weighted by molar-refractivity contribution is -0.151. The van der Waals surface area contributed by atoms with Crippen molar-refractivity contribution in [3.05, 3.63) is 36.5 Å². The van der Waals surface area contributed by atoms with Crippen LogP contribution in [-0.4, -0.2) is 46.9 Å². The number of hydrogen-bond donors (Lipinski definition) is 3. The lowest BCUT2D eigenvalue weighted by atomic mass is 10.0. The van der Waals surface area contributed by atoms with Crippen LogP contribution in [0.4, 0.5) is 0 Å². The molecule has 0 saturated carbocycles. The molecule has 0 aromatic heterocycles. The van der Waals surface area contributed by atoms with Gasteiger partial charge in [-0.25, -0.2) is 0 Å². The summed E-state index contributed by atoms with van der Waals surface area (Å²) in [6.45, 7) is 6.41. The zero-order chi connectivity index (χ0) is 39.6. The van der Waals surface area contributed by atoms with E-state index in [4.69, 9.17) is 4.74 Å². The molecule has 0 rings (SSSR count). The molecule has 0 radical (unpaired) electrons. The van der Waals surface area contributed by atoms with Crippen molar-refractivity contribution in [2.24, 2.45) is 0 Å². The summed E-state index contributed by atoms with van der Waals surface area (Å²) in [5, 5.41) is 23.6. The van der Waals surface area contributed by atoms with E-state index in [1.54, 1.807) is 0 Å². The minimum absolute atomic E-state index is 0.0544. The maximum atomic E-state index is 13.1. The topological polar surface area (TPSA) is 95.9 Å². The third-order valence-corrected chi connectivity index (χ3v) is 10.5. The van der Waals surface area contributed by atoms with Crippen molar-refractivity contribution in [1.82, 2.24) is 5.32 Å². The smallest absolute Gasteiger partial charge is 0.306 e. The zero-order valence-electron chi connectivity index (χ0n) is 35.9. The molecular formula is C48H89NO5. The Balaban J connectivity index is 4.65. The fraction of sp³-hybridized carbons (Fsp3) is 0.833.